The summed E-state index contributed by atoms with van der Waals surface area (Å²) in [6.07, 6.45) is -5.35. The van der Waals surface area contributed by atoms with Crippen LogP contribution in [0.3, 0.4) is 0 Å². The molecule has 0 aliphatic rings. The van der Waals surface area contributed by atoms with Crippen LogP contribution in [-0.2, 0) is 18.0 Å². The van der Waals surface area contributed by atoms with Crippen LogP contribution in [0.2, 0.25) is 5.02 Å². The van der Waals surface area contributed by atoms with E-state index in [-0.39, 0.29) is 43.3 Å². The molecule has 7 nitrogen and oxygen atoms in total. The molecule has 186 valence electrons. The van der Waals surface area contributed by atoms with E-state index in [2.05, 4.69) is 0 Å². The second-order valence-corrected chi connectivity index (χ2v) is 7.86. The van der Waals surface area contributed by atoms with E-state index in [1.165, 1.54) is 19.1 Å². The van der Waals surface area contributed by atoms with E-state index < -0.39 is 40.7 Å². The summed E-state index contributed by atoms with van der Waals surface area (Å²) in [7, 11) is 0.805. The Morgan fingerprint density at radius 2 is 1.71 bits per heavy atom. The number of nitrogens with zero attached hydrogens (tertiary/aromatic N) is 2. The Kier molecular flexibility index (Phi) is 7.39. The normalized spacial score (nSPS) is 12.3. The van der Waals surface area contributed by atoms with Crippen LogP contribution in [0.4, 0.5) is 17.6 Å². The van der Waals surface area contributed by atoms with Crippen molar-refractivity contribution in [2.24, 2.45) is 7.05 Å². The summed E-state index contributed by atoms with van der Waals surface area (Å²) in [5.41, 5.74) is -4.98. The number of benzene rings is 2. The topological polar surface area (TPSA) is 79.5 Å². The predicted molar refractivity (Wildman–Crippen MR) is 119 cm³/mol. The highest BCUT2D eigenvalue weighted by molar-refractivity contribution is 6.32. The monoisotopic (exact) mass is 514 g/mol. The van der Waals surface area contributed by atoms with Crippen LogP contribution in [0, 0.1) is 5.82 Å². The fourth-order valence-corrected chi connectivity index (χ4v) is 3.43. The van der Waals surface area contributed by atoms with Crippen LogP contribution in [-0.4, -0.2) is 21.0 Å². The number of hydrogen-bond acceptors (Lipinski definition) is 5. The molecule has 0 saturated carbocycles. The SMILES string of the molecule is CCC(Oc1ccccc1Oc1cc(-n2c(=O)cc(C(F)(F)F)n(C)c2=O)c(F)cc1Cl)C(C)=O. The highest BCUT2D eigenvalue weighted by Crippen LogP contribution is 2.37. The van der Waals surface area contributed by atoms with Gasteiger partial charge in [-0.1, -0.05) is 30.7 Å². The van der Waals surface area contributed by atoms with Crippen molar-refractivity contribution in [1.29, 1.82) is 0 Å². The smallest absolute Gasteiger partial charge is 0.431 e. The zero-order valence-corrected chi connectivity index (χ0v) is 19.4. The van der Waals surface area contributed by atoms with E-state index in [0.29, 0.717) is 6.42 Å². The predicted octanol–water partition coefficient (Wildman–Crippen LogP) is 4.89. The number of carbonyl (C=O) groups excluding carboxylic acids is 1. The Labute approximate surface area is 201 Å². The van der Waals surface area contributed by atoms with Crippen molar-refractivity contribution in [2.45, 2.75) is 32.5 Å². The lowest BCUT2D eigenvalue weighted by Gasteiger charge is -2.18. The first kappa shape index (κ1) is 26.0. The zero-order valence-electron chi connectivity index (χ0n) is 18.7. The third-order valence-corrected chi connectivity index (χ3v) is 5.31. The molecule has 0 spiro atoms. The molecule has 1 unspecified atom stereocenters. The fourth-order valence-electron chi connectivity index (χ4n) is 3.24. The number of rotatable bonds is 7. The summed E-state index contributed by atoms with van der Waals surface area (Å²) in [6.45, 7) is 3.12. The Balaban J connectivity index is 2.11. The Bertz CT molecular complexity index is 1400. The lowest BCUT2D eigenvalue weighted by molar-refractivity contribution is -0.144. The quantitative estimate of drug-likeness (QED) is 0.420. The van der Waals surface area contributed by atoms with Gasteiger partial charge in [-0.3, -0.25) is 14.2 Å². The van der Waals surface area contributed by atoms with Gasteiger partial charge in [-0.25, -0.2) is 13.8 Å². The third kappa shape index (κ3) is 5.40. The molecule has 0 aliphatic carbocycles. The molecule has 0 aliphatic heterocycles. The van der Waals surface area contributed by atoms with Gasteiger partial charge < -0.3 is 9.47 Å². The Morgan fingerprint density at radius 3 is 2.29 bits per heavy atom. The first-order chi connectivity index (χ1) is 16.3. The molecule has 1 aromatic heterocycles. The standard InChI is InChI=1S/C23H19ClF4N2O5/c1-4-16(12(2)31)34-17-7-5-6-8-18(17)35-19-10-15(14(25)9-13(19)24)30-21(32)11-20(23(26,27)28)29(3)22(30)33/h5-11,16H,4H2,1-3H3. The second kappa shape index (κ2) is 9.95. The fraction of sp³-hybridized carbons (Fsp3) is 0.261. The van der Waals surface area contributed by atoms with Gasteiger partial charge in [0.2, 0.25) is 0 Å². The highest BCUT2D eigenvalue weighted by Gasteiger charge is 2.35. The van der Waals surface area contributed by atoms with Crippen molar-refractivity contribution in [2.75, 3.05) is 0 Å². The summed E-state index contributed by atoms with van der Waals surface area (Å²) in [4.78, 5) is 36.7. The maximum atomic E-state index is 14.7. The molecule has 0 radical (unpaired) electrons. The van der Waals surface area contributed by atoms with Gasteiger partial charge in [-0.05, 0) is 31.5 Å². The van der Waals surface area contributed by atoms with Crippen LogP contribution in [0.5, 0.6) is 17.2 Å². The van der Waals surface area contributed by atoms with Gasteiger partial charge in [0.25, 0.3) is 5.56 Å². The Morgan fingerprint density at radius 1 is 1.09 bits per heavy atom. The van der Waals surface area contributed by atoms with E-state index in [0.717, 1.165) is 19.2 Å². The summed E-state index contributed by atoms with van der Waals surface area (Å²) in [6, 6.07) is 8.06. The summed E-state index contributed by atoms with van der Waals surface area (Å²) < 4.78 is 66.0. The number of halogens is 5. The molecular formula is C23H19ClF4N2O5. The van der Waals surface area contributed by atoms with Gasteiger partial charge >= 0.3 is 11.9 Å². The number of hydrogen-bond donors (Lipinski definition) is 0. The largest absolute Gasteiger partial charge is 0.479 e. The number of aromatic nitrogens is 2. The molecule has 0 saturated heterocycles. The second-order valence-electron chi connectivity index (χ2n) is 7.45. The average Bonchev–Trinajstić information content (AvgIpc) is 2.77. The molecule has 0 bridgehead atoms. The molecule has 2 aromatic carbocycles. The van der Waals surface area contributed by atoms with E-state index in [9.17, 15) is 31.9 Å². The van der Waals surface area contributed by atoms with Gasteiger partial charge in [0.15, 0.2) is 23.4 Å². The van der Waals surface area contributed by atoms with Crippen molar-refractivity contribution in [3.05, 3.63) is 79.8 Å². The van der Waals surface area contributed by atoms with Crippen LogP contribution in [0.25, 0.3) is 5.69 Å². The maximum absolute atomic E-state index is 14.7. The minimum atomic E-state index is -4.97. The van der Waals surface area contributed by atoms with Crippen molar-refractivity contribution in [3.8, 4) is 22.9 Å². The van der Waals surface area contributed by atoms with Crippen molar-refractivity contribution in [3.63, 3.8) is 0 Å². The first-order valence-electron chi connectivity index (χ1n) is 10.2. The molecular weight excluding hydrogens is 496 g/mol. The number of para-hydroxylation sites is 2. The van der Waals surface area contributed by atoms with Crippen LogP contribution < -0.4 is 20.7 Å². The minimum absolute atomic E-state index is 0.0827. The third-order valence-electron chi connectivity index (χ3n) is 5.02. The van der Waals surface area contributed by atoms with Gasteiger partial charge in [0.05, 0.1) is 10.7 Å². The Hall–Kier alpha value is -3.60. The van der Waals surface area contributed by atoms with Gasteiger partial charge in [-0.2, -0.15) is 13.2 Å². The average molecular weight is 515 g/mol. The van der Waals surface area contributed by atoms with Crippen molar-refractivity contribution >= 4 is 17.4 Å². The molecule has 3 rings (SSSR count). The number of ketones is 1. The minimum Gasteiger partial charge on any atom is -0.479 e. The molecule has 1 atom stereocenters. The number of alkyl halides is 3. The first-order valence-corrected chi connectivity index (χ1v) is 10.6. The molecule has 3 aromatic rings. The summed E-state index contributed by atoms with van der Waals surface area (Å²) in [5, 5.41) is -0.253. The van der Waals surface area contributed by atoms with E-state index in [1.807, 2.05) is 0 Å². The van der Waals surface area contributed by atoms with E-state index in [4.69, 9.17) is 21.1 Å². The molecule has 0 N–H and O–H groups in total. The van der Waals surface area contributed by atoms with E-state index >= 15 is 0 Å². The summed E-state index contributed by atoms with van der Waals surface area (Å²) in [5.74, 6) is -1.34. The van der Waals surface area contributed by atoms with Crippen molar-refractivity contribution in [1.82, 2.24) is 9.13 Å². The van der Waals surface area contributed by atoms with Crippen LogP contribution in [0.15, 0.2) is 52.1 Å². The molecule has 0 amide bonds. The summed E-state index contributed by atoms with van der Waals surface area (Å²) >= 11 is 6.09. The highest BCUT2D eigenvalue weighted by atomic mass is 35.5. The van der Waals surface area contributed by atoms with Gasteiger partial charge in [0, 0.05) is 19.2 Å². The number of carbonyl (C=O) groups is 1. The van der Waals surface area contributed by atoms with Gasteiger partial charge in [0.1, 0.15) is 17.3 Å². The zero-order chi connectivity index (χ0) is 26.1. The van der Waals surface area contributed by atoms with Crippen LogP contribution >= 0.6 is 11.6 Å². The lowest BCUT2D eigenvalue weighted by atomic mass is 10.2. The van der Waals surface area contributed by atoms with Crippen LogP contribution in [0.1, 0.15) is 26.0 Å². The molecule has 12 heteroatoms. The number of Topliss-reactive ketones (excluding diaryl/α,β-unsaturated/α-hetero) is 1. The molecule has 35 heavy (non-hydrogen) atoms. The molecule has 1 heterocycles. The lowest BCUT2D eigenvalue weighted by Crippen LogP contribution is -2.41. The van der Waals surface area contributed by atoms with E-state index in [1.54, 1.807) is 19.1 Å². The van der Waals surface area contributed by atoms with Gasteiger partial charge in [-0.15, -0.1) is 0 Å². The maximum Gasteiger partial charge on any atom is 0.431 e. The van der Waals surface area contributed by atoms with Crippen molar-refractivity contribution < 1.29 is 31.8 Å². The number of ether oxygens (including phenoxy) is 2. The molecule has 0 fully saturated rings.